The first-order chi connectivity index (χ1) is 12.8. The van der Waals surface area contributed by atoms with Crippen LogP contribution in [0.15, 0.2) is 54.7 Å². The first-order valence-corrected chi connectivity index (χ1v) is 9.51. The normalized spacial score (nSPS) is 14.3. The maximum absolute atomic E-state index is 4.40. The standard InChI is InChI=1S/C23H27N3/c1-2-15-24-23-12-11-22(25-19-23)10-6-7-16-26-17-13-21(14-18-26)20-8-4-3-5-9-20/h3-5,8-9,11-13,19,24H,2,7,14-18H2,1H3. The average molecular weight is 345 g/mol. The van der Waals surface area contributed by atoms with Gasteiger partial charge in [0.05, 0.1) is 11.9 Å². The van der Waals surface area contributed by atoms with Crippen LogP contribution in [0.2, 0.25) is 0 Å². The van der Waals surface area contributed by atoms with Crippen LogP contribution < -0.4 is 5.32 Å². The molecule has 0 radical (unpaired) electrons. The van der Waals surface area contributed by atoms with Crippen molar-refractivity contribution in [2.45, 2.75) is 26.2 Å². The van der Waals surface area contributed by atoms with Crippen molar-refractivity contribution < 1.29 is 0 Å². The Morgan fingerprint density at radius 2 is 2.04 bits per heavy atom. The Balaban J connectivity index is 1.43. The minimum atomic E-state index is 0.844. The molecule has 0 atom stereocenters. The van der Waals surface area contributed by atoms with E-state index in [1.54, 1.807) is 0 Å². The van der Waals surface area contributed by atoms with Gasteiger partial charge in [-0.05, 0) is 42.0 Å². The molecule has 134 valence electrons. The molecule has 3 nitrogen and oxygen atoms in total. The highest BCUT2D eigenvalue weighted by Gasteiger charge is 2.11. The van der Waals surface area contributed by atoms with Gasteiger partial charge in [-0.1, -0.05) is 49.3 Å². The van der Waals surface area contributed by atoms with Gasteiger partial charge in [-0.25, -0.2) is 4.98 Å². The monoisotopic (exact) mass is 345 g/mol. The zero-order valence-electron chi connectivity index (χ0n) is 15.5. The van der Waals surface area contributed by atoms with E-state index in [1.165, 1.54) is 11.1 Å². The molecule has 1 N–H and O–H groups in total. The molecule has 3 rings (SSSR count). The van der Waals surface area contributed by atoms with Crippen molar-refractivity contribution in [3.05, 3.63) is 66.0 Å². The number of pyridine rings is 1. The molecule has 2 aromatic rings. The van der Waals surface area contributed by atoms with E-state index in [0.29, 0.717) is 0 Å². The fraction of sp³-hybridized carbons (Fsp3) is 0.348. The number of hydrogen-bond donors (Lipinski definition) is 1. The lowest BCUT2D eigenvalue weighted by Crippen LogP contribution is -2.29. The van der Waals surface area contributed by atoms with Gasteiger partial charge in [0.2, 0.25) is 0 Å². The molecule has 0 unspecified atom stereocenters. The van der Waals surface area contributed by atoms with E-state index in [1.807, 2.05) is 18.3 Å². The molecular formula is C23H27N3. The number of nitrogens with zero attached hydrogens (tertiary/aromatic N) is 2. The van der Waals surface area contributed by atoms with Crippen molar-refractivity contribution >= 4 is 11.3 Å². The van der Waals surface area contributed by atoms with Gasteiger partial charge < -0.3 is 5.32 Å². The SMILES string of the molecule is CCCNc1ccc(C#CCCN2CC=C(c3ccccc3)CC2)nc1. The summed E-state index contributed by atoms with van der Waals surface area (Å²) in [6.07, 6.45) is 7.33. The molecule has 2 heterocycles. The van der Waals surface area contributed by atoms with Gasteiger partial charge >= 0.3 is 0 Å². The summed E-state index contributed by atoms with van der Waals surface area (Å²) in [5.74, 6) is 6.43. The smallest absolute Gasteiger partial charge is 0.113 e. The van der Waals surface area contributed by atoms with Crippen molar-refractivity contribution in [2.24, 2.45) is 0 Å². The van der Waals surface area contributed by atoms with Gasteiger partial charge in [0.15, 0.2) is 0 Å². The second-order valence-corrected chi connectivity index (χ2v) is 6.56. The van der Waals surface area contributed by atoms with Crippen LogP contribution >= 0.6 is 0 Å². The molecule has 0 saturated carbocycles. The van der Waals surface area contributed by atoms with Crippen molar-refractivity contribution in [1.29, 1.82) is 0 Å². The number of rotatable bonds is 6. The third-order valence-corrected chi connectivity index (χ3v) is 4.55. The van der Waals surface area contributed by atoms with Crippen molar-refractivity contribution in [3.63, 3.8) is 0 Å². The minimum absolute atomic E-state index is 0.844. The van der Waals surface area contributed by atoms with Crippen LogP contribution in [0.4, 0.5) is 5.69 Å². The predicted molar refractivity (Wildman–Crippen MR) is 110 cm³/mol. The van der Waals surface area contributed by atoms with Gasteiger partial charge in [-0.3, -0.25) is 4.90 Å². The Hall–Kier alpha value is -2.57. The molecule has 3 heteroatoms. The van der Waals surface area contributed by atoms with Crippen LogP contribution in [0.25, 0.3) is 5.57 Å². The molecule has 0 aliphatic carbocycles. The highest BCUT2D eigenvalue weighted by Crippen LogP contribution is 2.21. The van der Waals surface area contributed by atoms with Gasteiger partial charge in [-0.15, -0.1) is 0 Å². The van der Waals surface area contributed by atoms with E-state index in [2.05, 4.69) is 70.4 Å². The molecule has 0 saturated heterocycles. The van der Waals surface area contributed by atoms with E-state index < -0.39 is 0 Å². The lowest BCUT2D eigenvalue weighted by Gasteiger charge is -2.25. The largest absolute Gasteiger partial charge is 0.384 e. The number of anilines is 1. The van der Waals surface area contributed by atoms with Crippen LogP contribution in [0.5, 0.6) is 0 Å². The predicted octanol–water partition coefficient (Wildman–Crippen LogP) is 4.43. The Kier molecular flexibility index (Phi) is 6.87. The summed E-state index contributed by atoms with van der Waals surface area (Å²) in [5, 5.41) is 3.32. The molecule has 1 aromatic heterocycles. The Morgan fingerprint density at radius 1 is 1.15 bits per heavy atom. The van der Waals surface area contributed by atoms with E-state index in [9.17, 15) is 0 Å². The van der Waals surface area contributed by atoms with E-state index in [4.69, 9.17) is 0 Å². The summed E-state index contributed by atoms with van der Waals surface area (Å²) >= 11 is 0. The van der Waals surface area contributed by atoms with Crippen LogP contribution in [0.3, 0.4) is 0 Å². The lowest BCUT2D eigenvalue weighted by molar-refractivity contribution is 0.309. The highest BCUT2D eigenvalue weighted by molar-refractivity contribution is 5.66. The molecular weight excluding hydrogens is 318 g/mol. The van der Waals surface area contributed by atoms with Crippen LogP contribution in [0.1, 0.15) is 37.4 Å². The summed E-state index contributed by atoms with van der Waals surface area (Å²) in [6, 6.07) is 14.7. The number of nitrogens with one attached hydrogen (secondary N) is 1. The molecule has 0 amide bonds. The Labute approximate surface area is 157 Å². The van der Waals surface area contributed by atoms with Crippen molar-refractivity contribution in [3.8, 4) is 11.8 Å². The summed E-state index contributed by atoms with van der Waals surface area (Å²) in [4.78, 5) is 6.86. The maximum Gasteiger partial charge on any atom is 0.113 e. The van der Waals surface area contributed by atoms with E-state index in [0.717, 1.165) is 56.8 Å². The van der Waals surface area contributed by atoms with Crippen molar-refractivity contribution in [2.75, 3.05) is 31.5 Å². The molecule has 1 aromatic carbocycles. The highest BCUT2D eigenvalue weighted by atomic mass is 15.1. The number of aromatic nitrogens is 1. The van der Waals surface area contributed by atoms with Crippen LogP contribution in [-0.2, 0) is 0 Å². The maximum atomic E-state index is 4.40. The topological polar surface area (TPSA) is 28.2 Å². The molecule has 0 fully saturated rings. The van der Waals surface area contributed by atoms with Gasteiger partial charge in [0.1, 0.15) is 5.69 Å². The summed E-state index contributed by atoms with van der Waals surface area (Å²) in [5.41, 5.74) is 4.73. The minimum Gasteiger partial charge on any atom is -0.384 e. The van der Waals surface area contributed by atoms with E-state index >= 15 is 0 Å². The van der Waals surface area contributed by atoms with Crippen LogP contribution in [0, 0.1) is 11.8 Å². The van der Waals surface area contributed by atoms with Crippen molar-refractivity contribution in [1.82, 2.24) is 9.88 Å². The van der Waals surface area contributed by atoms with Gasteiger partial charge in [0, 0.05) is 32.6 Å². The lowest BCUT2D eigenvalue weighted by atomic mass is 9.99. The number of benzene rings is 1. The Bertz CT molecular complexity index is 767. The average Bonchev–Trinajstić information content (AvgIpc) is 2.72. The summed E-state index contributed by atoms with van der Waals surface area (Å²) in [6.45, 7) is 6.27. The second-order valence-electron chi connectivity index (χ2n) is 6.56. The second kappa shape index (κ2) is 9.79. The molecule has 1 aliphatic rings. The first-order valence-electron chi connectivity index (χ1n) is 9.51. The third kappa shape index (κ3) is 5.47. The zero-order valence-corrected chi connectivity index (χ0v) is 15.5. The fourth-order valence-electron chi connectivity index (χ4n) is 3.04. The molecule has 1 aliphatic heterocycles. The molecule has 26 heavy (non-hydrogen) atoms. The van der Waals surface area contributed by atoms with Gasteiger partial charge in [0.25, 0.3) is 0 Å². The molecule has 0 spiro atoms. The number of hydrogen-bond acceptors (Lipinski definition) is 3. The summed E-state index contributed by atoms with van der Waals surface area (Å²) in [7, 11) is 0. The zero-order chi connectivity index (χ0) is 18.0. The fourth-order valence-corrected chi connectivity index (χ4v) is 3.04. The third-order valence-electron chi connectivity index (χ3n) is 4.55. The molecule has 0 bridgehead atoms. The first kappa shape index (κ1) is 18.2. The van der Waals surface area contributed by atoms with Gasteiger partial charge in [-0.2, -0.15) is 0 Å². The van der Waals surface area contributed by atoms with E-state index in [-0.39, 0.29) is 0 Å². The summed E-state index contributed by atoms with van der Waals surface area (Å²) < 4.78 is 0. The Morgan fingerprint density at radius 3 is 2.73 bits per heavy atom. The quantitative estimate of drug-likeness (QED) is 0.785. The van der Waals surface area contributed by atoms with Crippen LogP contribution in [-0.4, -0.2) is 36.1 Å².